The van der Waals surface area contributed by atoms with E-state index in [4.69, 9.17) is 4.74 Å². The van der Waals surface area contributed by atoms with Gasteiger partial charge in [0.05, 0.1) is 12.5 Å². The summed E-state index contributed by atoms with van der Waals surface area (Å²) in [7, 11) is 1.63. The number of hydrogen-bond donors (Lipinski definition) is 0. The van der Waals surface area contributed by atoms with E-state index in [1.54, 1.807) is 14.0 Å². The summed E-state index contributed by atoms with van der Waals surface area (Å²) in [4.78, 5) is 27.1. The maximum absolute atomic E-state index is 13.0. The second-order valence-electron chi connectivity index (χ2n) is 7.75. The fraction of sp³-hybridized carbons (Fsp3) is 0.417. The molecule has 0 atom stereocenters. The number of methoxy groups -OCH3 is 1. The Morgan fingerprint density at radius 1 is 1.10 bits per heavy atom. The quantitative estimate of drug-likeness (QED) is 0.619. The van der Waals surface area contributed by atoms with E-state index in [2.05, 4.69) is 4.90 Å². The summed E-state index contributed by atoms with van der Waals surface area (Å²) in [5.41, 5.74) is 1.11. The Morgan fingerprint density at radius 2 is 1.79 bits per heavy atom. The van der Waals surface area contributed by atoms with Gasteiger partial charge in [-0.25, -0.2) is 4.39 Å². The molecule has 0 amide bonds. The number of ether oxygens (including phenoxy) is 1. The van der Waals surface area contributed by atoms with E-state index in [9.17, 15) is 14.0 Å². The third-order valence-electron chi connectivity index (χ3n) is 6.05. The van der Waals surface area contributed by atoms with Gasteiger partial charge in [-0.1, -0.05) is 12.1 Å². The van der Waals surface area contributed by atoms with Crippen molar-refractivity contribution >= 4 is 11.6 Å². The molecule has 1 aliphatic rings. The van der Waals surface area contributed by atoms with Crippen molar-refractivity contribution in [2.24, 2.45) is 0 Å². The topological polar surface area (TPSA) is 46.6 Å². The molecule has 4 nitrogen and oxygen atoms in total. The van der Waals surface area contributed by atoms with Crippen molar-refractivity contribution < 1.29 is 18.7 Å². The standard InChI is InChI=1S/C24H28FNO3/c1-18(27)24(20-5-3-6-22(17-20)29-2)12-15-26(16-13-24)14-4-7-23(28)19-8-10-21(25)11-9-19/h3,5-6,8-11,17H,4,7,12-16H2,1-2H3. The molecule has 5 heteroatoms. The molecule has 0 N–H and O–H groups in total. The second kappa shape index (κ2) is 9.31. The molecule has 0 radical (unpaired) electrons. The summed E-state index contributed by atoms with van der Waals surface area (Å²) in [6.45, 7) is 4.14. The maximum atomic E-state index is 13.0. The van der Waals surface area contributed by atoms with Gasteiger partial charge in [0.2, 0.25) is 0 Å². The average Bonchev–Trinajstić information content (AvgIpc) is 2.74. The molecule has 1 aliphatic heterocycles. The number of rotatable bonds is 8. The van der Waals surface area contributed by atoms with Crippen LogP contribution in [0.3, 0.4) is 0 Å². The lowest BCUT2D eigenvalue weighted by atomic mass is 9.70. The number of benzene rings is 2. The Balaban J connectivity index is 1.55. The summed E-state index contributed by atoms with van der Waals surface area (Å²) < 4.78 is 18.3. The minimum Gasteiger partial charge on any atom is -0.497 e. The first-order valence-corrected chi connectivity index (χ1v) is 10.1. The van der Waals surface area contributed by atoms with Crippen molar-refractivity contribution in [2.45, 2.75) is 38.0 Å². The van der Waals surface area contributed by atoms with Gasteiger partial charge in [0, 0.05) is 12.0 Å². The van der Waals surface area contributed by atoms with Crippen molar-refractivity contribution in [3.63, 3.8) is 0 Å². The van der Waals surface area contributed by atoms with Crippen molar-refractivity contribution in [1.82, 2.24) is 4.90 Å². The third-order valence-corrected chi connectivity index (χ3v) is 6.05. The SMILES string of the molecule is COc1cccc(C2(C(C)=O)CCN(CCCC(=O)c3ccc(F)cc3)CC2)c1. The molecule has 3 rings (SSSR count). The van der Waals surface area contributed by atoms with Gasteiger partial charge in [-0.05, 0) is 87.8 Å². The summed E-state index contributed by atoms with van der Waals surface area (Å²) in [5, 5.41) is 0. The number of piperidine rings is 1. The number of carbonyl (C=O) groups excluding carboxylic acids is 2. The van der Waals surface area contributed by atoms with Gasteiger partial charge >= 0.3 is 0 Å². The molecule has 154 valence electrons. The van der Waals surface area contributed by atoms with Crippen LogP contribution in [0.15, 0.2) is 48.5 Å². The van der Waals surface area contributed by atoms with Crippen molar-refractivity contribution in [2.75, 3.05) is 26.7 Å². The molecule has 0 spiro atoms. The minimum absolute atomic E-state index is 0.0384. The number of Topliss-reactive ketones (excluding diaryl/α,β-unsaturated/α-hetero) is 2. The van der Waals surface area contributed by atoms with Gasteiger partial charge < -0.3 is 9.64 Å². The maximum Gasteiger partial charge on any atom is 0.162 e. The van der Waals surface area contributed by atoms with Crippen LogP contribution in [0.2, 0.25) is 0 Å². The lowest BCUT2D eigenvalue weighted by molar-refractivity contribution is -0.124. The Kier molecular flexibility index (Phi) is 6.80. The van der Waals surface area contributed by atoms with Crippen LogP contribution < -0.4 is 4.74 Å². The van der Waals surface area contributed by atoms with E-state index in [1.165, 1.54) is 24.3 Å². The molecule has 1 fully saturated rings. The zero-order chi connectivity index (χ0) is 20.9. The van der Waals surface area contributed by atoms with Gasteiger partial charge in [-0.3, -0.25) is 9.59 Å². The molecule has 0 bridgehead atoms. The van der Waals surface area contributed by atoms with Gasteiger partial charge in [-0.2, -0.15) is 0 Å². The smallest absolute Gasteiger partial charge is 0.162 e. The molecule has 0 saturated carbocycles. The first kappa shape index (κ1) is 21.2. The minimum atomic E-state index is -0.463. The van der Waals surface area contributed by atoms with Crippen molar-refractivity contribution in [1.29, 1.82) is 0 Å². The highest BCUT2D eigenvalue weighted by atomic mass is 19.1. The summed E-state index contributed by atoms with van der Waals surface area (Å²) in [6.07, 6.45) is 2.72. The number of ketones is 2. The van der Waals surface area contributed by atoms with E-state index in [0.29, 0.717) is 12.0 Å². The zero-order valence-corrected chi connectivity index (χ0v) is 17.1. The number of nitrogens with zero attached hydrogens (tertiary/aromatic N) is 1. The van der Waals surface area contributed by atoms with Crippen LogP contribution in [0.5, 0.6) is 5.75 Å². The highest BCUT2D eigenvalue weighted by molar-refractivity contribution is 5.96. The normalized spacial score (nSPS) is 16.4. The molecule has 2 aromatic carbocycles. The van der Waals surface area contributed by atoms with Crippen LogP contribution in [-0.4, -0.2) is 43.2 Å². The highest BCUT2D eigenvalue weighted by Crippen LogP contribution is 2.38. The Labute approximate surface area is 171 Å². The molecule has 1 heterocycles. The number of halogens is 1. The number of likely N-dealkylation sites (tertiary alicyclic amines) is 1. The van der Waals surface area contributed by atoms with Crippen LogP contribution >= 0.6 is 0 Å². The Hall–Kier alpha value is -2.53. The fourth-order valence-electron chi connectivity index (χ4n) is 4.17. The molecule has 29 heavy (non-hydrogen) atoms. The molecule has 0 unspecified atom stereocenters. The largest absolute Gasteiger partial charge is 0.497 e. The summed E-state index contributed by atoms with van der Waals surface area (Å²) in [5.74, 6) is 0.665. The summed E-state index contributed by atoms with van der Waals surface area (Å²) >= 11 is 0. The fourth-order valence-corrected chi connectivity index (χ4v) is 4.17. The molecule has 0 aliphatic carbocycles. The van der Waals surface area contributed by atoms with E-state index < -0.39 is 5.41 Å². The molecular weight excluding hydrogens is 369 g/mol. The Bertz CT molecular complexity index is 855. The number of hydrogen-bond acceptors (Lipinski definition) is 4. The van der Waals surface area contributed by atoms with Gasteiger partial charge in [0.25, 0.3) is 0 Å². The highest BCUT2D eigenvalue weighted by Gasteiger charge is 2.40. The van der Waals surface area contributed by atoms with E-state index in [1.807, 2.05) is 24.3 Å². The second-order valence-corrected chi connectivity index (χ2v) is 7.75. The van der Waals surface area contributed by atoms with Gasteiger partial charge in [0.1, 0.15) is 17.3 Å². The molecule has 2 aromatic rings. The van der Waals surface area contributed by atoms with Gasteiger partial charge in [-0.15, -0.1) is 0 Å². The predicted molar refractivity (Wildman–Crippen MR) is 111 cm³/mol. The molecule has 1 saturated heterocycles. The number of carbonyl (C=O) groups is 2. The zero-order valence-electron chi connectivity index (χ0n) is 17.1. The lowest BCUT2D eigenvalue weighted by Gasteiger charge is -2.40. The first-order chi connectivity index (χ1) is 13.9. The first-order valence-electron chi connectivity index (χ1n) is 10.1. The average molecular weight is 397 g/mol. The molecule has 0 aromatic heterocycles. The van der Waals surface area contributed by atoms with Gasteiger partial charge in [0.15, 0.2) is 5.78 Å². The lowest BCUT2D eigenvalue weighted by Crippen LogP contribution is -2.46. The van der Waals surface area contributed by atoms with Crippen LogP contribution in [0.1, 0.15) is 48.5 Å². The molecular formula is C24H28FNO3. The van der Waals surface area contributed by atoms with E-state index in [0.717, 1.165) is 50.2 Å². The summed E-state index contributed by atoms with van der Waals surface area (Å²) in [6, 6.07) is 13.5. The van der Waals surface area contributed by atoms with Crippen LogP contribution in [0.25, 0.3) is 0 Å². The predicted octanol–water partition coefficient (Wildman–Crippen LogP) is 4.42. The van der Waals surface area contributed by atoms with E-state index >= 15 is 0 Å². The van der Waals surface area contributed by atoms with Crippen LogP contribution in [0.4, 0.5) is 4.39 Å². The monoisotopic (exact) mass is 397 g/mol. The third kappa shape index (κ3) is 4.91. The van der Waals surface area contributed by atoms with Crippen LogP contribution in [-0.2, 0) is 10.2 Å². The van der Waals surface area contributed by atoms with Crippen molar-refractivity contribution in [3.8, 4) is 5.75 Å². The van der Waals surface area contributed by atoms with Crippen LogP contribution in [0, 0.1) is 5.82 Å². The van der Waals surface area contributed by atoms with Crippen molar-refractivity contribution in [3.05, 3.63) is 65.5 Å². The Morgan fingerprint density at radius 3 is 2.41 bits per heavy atom. The van der Waals surface area contributed by atoms with E-state index in [-0.39, 0.29) is 17.4 Å².